The molecule has 0 fully saturated rings. The third-order valence-corrected chi connectivity index (χ3v) is 2.60. The van der Waals surface area contributed by atoms with Gasteiger partial charge in [-0.1, -0.05) is 30.3 Å². The fraction of sp³-hybridized carbons (Fsp3) is 0.250. The lowest BCUT2D eigenvalue weighted by atomic mass is 10.1. The Hall–Kier alpha value is -1.88. The number of H-pyrrole nitrogens is 1. The van der Waals surface area contributed by atoms with Gasteiger partial charge in [-0.2, -0.15) is 5.10 Å². The van der Waals surface area contributed by atoms with Crippen molar-refractivity contribution in [2.45, 2.75) is 13.0 Å². The van der Waals surface area contributed by atoms with Crippen molar-refractivity contribution in [1.29, 1.82) is 0 Å². The van der Waals surface area contributed by atoms with Gasteiger partial charge in [0.15, 0.2) is 5.82 Å². The van der Waals surface area contributed by atoms with Crippen LogP contribution in [0.3, 0.4) is 0 Å². The van der Waals surface area contributed by atoms with Crippen LogP contribution in [0.5, 0.6) is 0 Å². The highest BCUT2D eigenvalue weighted by Crippen LogP contribution is 2.04. The normalized spacial score (nSPS) is 10.3. The van der Waals surface area contributed by atoms with Gasteiger partial charge in [0.1, 0.15) is 11.7 Å². The first-order valence-corrected chi connectivity index (χ1v) is 6.08. The van der Waals surface area contributed by atoms with E-state index in [4.69, 9.17) is 11.6 Å². The van der Waals surface area contributed by atoms with Crippen LogP contribution < -0.4 is 5.32 Å². The van der Waals surface area contributed by atoms with E-state index in [0.29, 0.717) is 24.6 Å². The number of amides is 1. The van der Waals surface area contributed by atoms with E-state index in [0.717, 1.165) is 5.56 Å². The number of nitrogens with one attached hydrogen (secondary N) is 2. The molecule has 0 saturated carbocycles. The summed E-state index contributed by atoms with van der Waals surface area (Å²) >= 11 is 5.37. The van der Waals surface area contributed by atoms with E-state index in [1.54, 1.807) is 0 Å². The highest BCUT2D eigenvalue weighted by Gasteiger charge is 2.05. The lowest BCUT2D eigenvalue weighted by Crippen LogP contribution is -2.24. The lowest BCUT2D eigenvalue weighted by molar-refractivity contribution is -0.118. The molecule has 0 unspecified atom stereocenters. The summed E-state index contributed by atoms with van der Waals surface area (Å²) in [5.41, 5.74) is 1.15. The van der Waals surface area contributed by atoms with E-state index >= 15 is 0 Å². The molecule has 1 amide bonds. The van der Waals surface area contributed by atoms with Crippen molar-refractivity contribution in [3.05, 3.63) is 47.5 Å². The summed E-state index contributed by atoms with van der Waals surface area (Å²) in [4.78, 5) is 15.3. The van der Waals surface area contributed by atoms with Gasteiger partial charge >= 0.3 is 0 Å². The Morgan fingerprint density at radius 1 is 1.33 bits per heavy atom. The first-order valence-electron chi connectivity index (χ1n) is 5.54. The minimum atomic E-state index is -0.224. The first kappa shape index (κ1) is 12.6. The first-order chi connectivity index (χ1) is 8.78. The number of carbonyl (C=O) groups is 1. The van der Waals surface area contributed by atoms with E-state index in [9.17, 15) is 4.79 Å². The van der Waals surface area contributed by atoms with Crippen LogP contribution in [0.25, 0.3) is 0 Å². The molecule has 6 heteroatoms. The lowest BCUT2D eigenvalue weighted by Gasteiger charge is -1.98. The van der Waals surface area contributed by atoms with Crippen LogP contribution in [-0.2, 0) is 17.8 Å². The SMILES string of the molecule is O=C(CCl)NCc1nc(Cc2ccccc2)n[nH]1. The van der Waals surface area contributed by atoms with E-state index in [-0.39, 0.29) is 11.8 Å². The zero-order chi connectivity index (χ0) is 12.8. The second-order valence-corrected chi connectivity index (χ2v) is 4.04. The van der Waals surface area contributed by atoms with Gasteiger partial charge in [0.05, 0.1) is 6.54 Å². The molecule has 0 spiro atoms. The Morgan fingerprint density at radius 3 is 2.83 bits per heavy atom. The minimum Gasteiger partial charge on any atom is -0.348 e. The standard InChI is InChI=1S/C12H13ClN4O/c13-7-12(18)14-8-11-15-10(16-17-11)6-9-4-2-1-3-5-9/h1-5H,6-8H2,(H,14,18)(H,15,16,17). The molecule has 0 aliphatic carbocycles. The summed E-state index contributed by atoms with van der Waals surface area (Å²) < 4.78 is 0. The molecule has 94 valence electrons. The number of hydrogen-bond acceptors (Lipinski definition) is 3. The third kappa shape index (κ3) is 3.56. The van der Waals surface area contributed by atoms with E-state index in [1.165, 1.54) is 0 Å². The Balaban J connectivity index is 1.92. The number of benzene rings is 1. The van der Waals surface area contributed by atoms with Gasteiger partial charge in [0.25, 0.3) is 0 Å². The molecular weight excluding hydrogens is 252 g/mol. The molecule has 18 heavy (non-hydrogen) atoms. The maximum atomic E-state index is 11.0. The molecule has 0 radical (unpaired) electrons. The molecule has 1 heterocycles. The second-order valence-electron chi connectivity index (χ2n) is 3.77. The van der Waals surface area contributed by atoms with Gasteiger partial charge in [-0.05, 0) is 5.56 Å². The molecule has 2 rings (SSSR count). The van der Waals surface area contributed by atoms with Crippen LogP contribution in [0.15, 0.2) is 30.3 Å². The predicted molar refractivity (Wildman–Crippen MR) is 68.2 cm³/mol. The number of hydrogen-bond donors (Lipinski definition) is 2. The molecule has 1 aromatic carbocycles. The maximum Gasteiger partial charge on any atom is 0.235 e. The number of alkyl halides is 1. The van der Waals surface area contributed by atoms with Gasteiger partial charge in [-0.25, -0.2) is 4.98 Å². The molecule has 0 aliphatic heterocycles. The van der Waals surface area contributed by atoms with E-state index in [1.807, 2.05) is 30.3 Å². The number of nitrogens with zero attached hydrogens (tertiary/aromatic N) is 2. The summed E-state index contributed by atoms with van der Waals surface area (Å²) in [6.07, 6.45) is 0.667. The quantitative estimate of drug-likeness (QED) is 0.799. The Bertz CT molecular complexity index is 512. The van der Waals surface area contributed by atoms with Gasteiger partial charge in [-0.15, -0.1) is 11.6 Å². The van der Waals surface area contributed by atoms with Crippen molar-refractivity contribution in [1.82, 2.24) is 20.5 Å². The van der Waals surface area contributed by atoms with Crippen molar-refractivity contribution in [2.24, 2.45) is 0 Å². The van der Waals surface area contributed by atoms with Gasteiger partial charge in [0.2, 0.25) is 5.91 Å². The monoisotopic (exact) mass is 264 g/mol. The van der Waals surface area contributed by atoms with Crippen LogP contribution >= 0.6 is 11.6 Å². The van der Waals surface area contributed by atoms with Crippen molar-refractivity contribution < 1.29 is 4.79 Å². The molecule has 2 N–H and O–H groups in total. The Labute approximate surface area is 110 Å². The van der Waals surface area contributed by atoms with Crippen molar-refractivity contribution in [2.75, 3.05) is 5.88 Å². The molecule has 2 aromatic rings. The molecule has 1 aromatic heterocycles. The van der Waals surface area contributed by atoms with Crippen LogP contribution in [0.1, 0.15) is 17.2 Å². The summed E-state index contributed by atoms with van der Waals surface area (Å²) in [5, 5.41) is 9.50. The molecule has 0 atom stereocenters. The van der Waals surface area contributed by atoms with Crippen molar-refractivity contribution in [3.8, 4) is 0 Å². The van der Waals surface area contributed by atoms with Crippen molar-refractivity contribution in [3.63, 3.8) is 0 Å². The number of aromatic nitrogens is 3. The molecule has 0 bridgehead atoms. The fourth-order valence-electron chi connectivity index (χ4n) is 1.50. The number of aromatic amines is 1. The number of rotatable bonds is 5. The van der Waals surface area contributed by atoms with E-state index < -0.39 is 0 Å². The highest BCUT2D eigenvalue weighted by molar-refractivity contribution is 6.27. The van der Waals surface area contributed by atoms with Crippen LogP contribution in [0, 0.1) is 0 Å². The minimum absolute atomic E-state index is 0.0506. The Morgan fingerprint density at radius 2 is 2.11 bits per heavy atom. The molecular formula is C12H13ClN4O. The second kappa shape index (κ2) is 6.16. The third-order valence-electron chi connectivity index (χ3n) is 2.36. The molecule has 0 aliphatic rings. The smallest absolute Gasteiger partial charge is 0.235 e. The van der Waals surface area contributed by atoms with Crippen LogP contribution in [-0.4, -0.2) is 27.0 Å². The van der Waals surface area contributed by atoms with Gasteiger partial charge in [-0.3, -0.25) is 9.89 Å². The predicted octanol–water partition coefficient (Wildman–Crippen LogP) is 1.25. The van der Waals surface area contributed by atoms with E-state index in [2.05, 4.69) is 20.5 Å². The summed E-state index contributed by atoms with van der Waals surface area (Å²) in [6.45, 7) is 0.313. The number of carbonyl (C=O) groups excluding carboxylic acids is 1. The fourth-order valence-corrected chi connectivity index (χ4v) is 1.60. The van der Waals surface area contributed by atoms with Crippen LogP contribution in [0.4, 0.5) is 0 Å². The molecule has 0 saturated heterocycles. The number of halogens is 1. The topological polar surface area (TPSA) is 70.7 Å². The summed E-state index contributed by atoms with van der Waals surface area (Å²) in [7, 11) is 0. The molecule has 5 nitrogen and oxygen atoms in total. The largest absolute Gasteiger partial charge is 0.348 e. The zero-order valence-electron chi connectivity index (χ0n) is 9.69. The average molecular weight is 265 g/mol. The summed E-state index contributed by atoms with van der Waals surface area (Å²) in [5.74, 6) is 1.05. The van der Waals surface area contributed by atoms with Gasteiger partial charge in [0, 0.05) is 6.42 Å². The summed E-state index contributed by atoms with van der Waals surface area (Å²) in [6, 6.07) is 9.96. The zero-order valence-corrected chi connectivity index (χ0v) is 10.4. The maximum absolute atomic E-state index is 11.0. The Kier molecular flexibility index (Phi) is 4.30. The van der Waals surface area contributed by atoms with Crippen molar-refractivity contribution >= 4 is 17.5 Å². The van der Waals surface area contributed by atoms with Crippen LogP contribution in [0.2, 0.25) is 0 Å². The average Bonchev–Trinajstić information content (AvgIpc) is 2.85. The van der Waals surface area contributed by atoms with Gasteiger partial charge < -0.3 is 5.32 Å². The highest BCUT2D eigenvalue weighted by atomic mass is 35.5.